The van der Waals surface area contributed by atoms with E-state index in [1.165, 1.54) is 12.8 Å². The molecule has 2 aliphatic rings. The summed E-state index contributed by atoms with van der Waals surface area (Å²) >= 11 is 0. The molecule has 2 aliphatic heterocycles. The van der Waals surface area contributed by atoms with Crippen molar-refractivity contribution >= 4 is 18.3 Å². The molecule has 2 rings (SSSR count). The molecule has 1 unspecified atom stereocenters. The lowest BCUT2D eigenvalue weighted by Gasteiger charge is -2.36. The lowest BCUT2D eigenvalue weighted by Crippen LogP contribution is -2.47. The van der Waals surface area contributed by atoms with Crippen LogP contribution in [0.25, 0.3) is 0 Å². The van der Waals surface area contributed by atoms with Crippen LogP contribution in [-0.2, 0) is 4.79 Å². The number of hydrogen-bond donors (Lipinski definition) is 1. The fourth-order valence-electron chi connectivity index (χ4n) is 3.00. The molecule has 2 heterocycles. The predicted molar refractivity (Wildman–Crippen MR) is 72.4 cm³/mol. The second kappa shape index (κ2) is 6.60. The smallest absolute Gasteiger partial charge is 0.225 e. The number of halogens is 1. The van der Waals surface area contributed by atoms with E-state index in [-0.39, 0.29) is 18.3 Å². The molecule has 0 aliphatic carbocycles. The summed E-state index contributed by atoms with van der Waals surface area (Å²) in [5.41, 5.74) is 0. The van der Waals surface area contributed by atoms with Crippen LogP contribution in [0.15, 0.2) is 0 Å². The first-order valence-corrected chi connectivity index (χ1v) is 6.69. The fraction of sp³-hybridized carbons (Fsp3) is 0.923. The zero-order valence-corrected chi connectivity index (χ0v) is 11.8. The van der Waals surface area contributed by atoms with Gasteiger partial charge < -0.3 is 10.2 Å². The zero-order valence-electron chi connectivity index (χ0n) is 10.9. The summed E-state index contributed by atoms with van der Waals surface area (Å²) in [4.78, 5) is 14.5. The molecule has 0 aromatic rings. The van der Waals surface area contributed by atoms with Crippen molar-refractivity contribution in [3.8, 4) is 0 Å². The van der Waals surface area contributed by atoms with Crippen molar-refractivity contribution in [2.45, 2.75) is 45.6 Å². The van der Waals surface area contributed by atoms with Crippen molar-refractivity contribution in [1.29, 1.82) is 0 Å². The molecule has 100 valence electrons. The molecule has 1 N–H and O–H groups in total. The summed E-state index contributed by atoms with van der Waals surface area (Å²) in [6.45, 7) is 7.41. The van der Waals surface area contributed by atoms with Crippen LogP contribution < -0.4 is 5.32 Å². The van der Waals surface area contributed by atoms with E-state index < -0.39 is 0 Å². The first-order valence-electron chi connectivity index (χ1n) is 6.69. The quantitative estimate of drug-likeness (QED) is 0.783. The van der Waals surface area contributed by atoms with Gasteiger partial charge in [-0.25, -0.2) is 0 Å². The van der Waals surface area contributed by atoms with Crippen LogP contribution in [-0.4, -0.2) is 36.5 Å². The lowest BCUT2D eigenvalue weighted by atomic mass is 9.90. The summed E-state index contributed by atoms with van der Waals surface area (Å²) in [5.74, 6) is 1.39. The van der Waals surface area contributed by atoms with Crippen LogP contribution in [0.5, 0.6) is 0 Å². The topological polar surface area (TPSA) is 32.3 Å². The minimum Gasteiger partial charge on any atom is -0.342 e. The molecule has 3 atom stereocenters. The Balaban J connectivity index is 0.00000144. The number of nitrogens with zero attached hydrogens (tertiary/aromatic N) is 1. The Bertz CT molecular complexity index is 236. The third-order valence-corrected chi connectivity index (χ3v) is 3.94. The maximum Gasteiger partial charge on any atom is 0.225 e. The molecule has 0 radical (unpaired) electrons. The van der Waals surface area contributed by atoms with Gasteiger partial charge in [-0.05, 0) is 45.1 Å². The van der Waals surface area contributed by atoms with Crippen molar-refractivity contribution in [2.75, 3.05) is 19.6 Å². The van der Waals surface area contributed by atoms with E-state index in [9.17, 15) is 4.79 Å². The molecule has 0 aromatic heterocycles. The Labute approximate surface area is 111 Å². The molecule has 0 bridgehead atoms. The highest BCUT2D eigenvalue weighted by molar-refractivity contribution is 5.85. The van der Waals surface area contributed by atoms with Gasteiger partial charge in [0.05, 0.1) is 0 Å². The molecule has 1 amide bonds. The zero-order chi connectivity index (χ0) is 11.5. The van der Waals surface area contributed by atoms with Gasteiger partial charge in [-0.1, -0.05) is 6.92 Å². The van der Waals surface area contributed by atoms with Gasteiger partial charge in [0.15, 0.2) is 0 Å². The number of carbonyl (C=O) groups is 1. The third kappa shape index (κ3) is 3.85. The number of carbonyl (C=O) groups excluding carboxylic acids is 1. The highest BCUT2D eigenvalue weighted by atomic mass is 35.5. The van der Waals surface area contributed by atoms with Crippen LogP contribution >= 0.6 is 12.4 Å². The molecule has 4 heteroatoms. The number of piperidine rings is 2. The maximum atomic E-state index is 12.3. The van der Waals surface area contributed by atoms with Crippen LogP contribution in [0.1, 0.15) is 39.5 Å². The van der Waals surface area contributed by atoms with E-state index >= 15 is 0 Å². The van der Waals surface area contributed by atoms with Crippen molar-refractivity contribution < 1.29 is 4.79 Å². The molecular formula is C13H25ClN2O. The summed E-state index contributed by atoms with van der Waals surface area (Å²) in [6.07, 6.45) is 4.51. The van der Waals surface area contributed by atoms with Gasteiger partial charge in [-0.2, -0.15) is 0 Å². The number of nitrogens with one attached hydrogen (secondary N) is 1. The first-order chi connectivity index (χ1) is 7.66. The molecule has 3 nitrogen and oxygen atoms in total. The van der Waals surface area contributed by atoms with Crippen molar-refractivity contribution in [3.05, 3.63) is 0 Å². The van der Waals surface area contributed by atoms with Gasteiger partial charge in [0.2, 0.25) is 5.91 Å². The number of likely N-dealkylation sites (tertiary alicyclic amines) is 1. The van der Waals surface area contributed by atoms with E-state index in [0.29, 0.717) is 17.9 Å². The Hall–Kier alpha value is -0.280. The number of rotatable bonds is 1. The normalized spacial score (nSPS) is 34.0. The van der Waals surface area contributed by atoms with Crippen molar-refractivity contribution in [1.82, 2.24) is 10.2 Å². The monoisotopic (exact) mass is 260 g/mol. The molecule has 17 heavy (non-hydrogen) atoms. The molecule has 2 fully saturated rings. The maximum absolute atomic E-state index is 12.3. The Morgan fingerprint density at radius 1 is 1.29 bits per heavy atom. The third-order valence-electron chi connectivity index (χ3n) is 3.94. The fourth-order valence-corrected chi connectivity index (χ4v) is 3.00. The van der Waals surface area contributed by atoms with E-state index in [1.807, 2.05) is 0 Å². The minimum absolute atomic E-state index is 0. The average molecular weight is 261 g/mol. The summed E-state index contributed by atoms with van der Waals surface area (Å²) in [6, 6.07) is 0.505. The van der Waals surface area contributed by atoms with Crippen LogP contribution in [0.2, 0.25) is 0 Å². The average Bonchev–Trinajstić information content (AvgIpc) is 2.28. The van der Waals surface area contributed by atoms with E-state index in [0.717, 1.165) is 32.5 Å². The van der Waals surface area contributed by atoms with E-state index in [2.05, 4.69) is 24.1 Å². The molecule has 2 saturated heterocycles. The van der Waals surface area contributed by atoms with Crippen LogP contribution in [0, 0.1) is 11.8 Å². The van der Waals surface area contributed by atoms with Gasteiger partial charge in [0.1, 0.15) is 0 Å². The van der Waals surface area contributed by atoms with Crippen LogP contribution in [0.3, 0.4) is 0 Å². The Kier molecular flexibility index (Phi) is 5.74. The van der Waals surface area contributed by atoms with Crippen molar-refractivity contribution in [2.24, 2.45) is 11.8 Å². The second-order valence-corrected chi connectivity index (χ2v) is 5.61. The van der Waals surface area contributed by atoms with Gasteiger partial charge >= 0.3 is 0 Å². The number of amides is 1. The molecule has 0 aromatic carbocycles. The van der Waals surface area contributed by atoms with E-state index in [1.54, 1.807) is 0 Å². The first kappa shape index (κ1) is 14.8. The summed E-state index contributed by atoms with van der Waals surface area (Å²) < 4.78 is 0. The Morgan fingerprint density at radius 2 is 2.06 bits per heavy atom. The van der Waals surface area contributed by atoms with Gasteiger partial charge in [0.25, 0.3) is 0 Å². The summed E-state index contributed by atoms with van der Waals surface area (Å²) in [5, 5.41) is 3.41. The SMILES string of the molecule is CC1CCCN(C(=O)[C@H]2CCN[C@@H](C)C2)C1.Cl. The van der Waals surface area contributed by atoms with Gasteiger partial charge in [-0.3, -0.25) is 4.79 Å². The molecular weight excluding hydrogens is 236 g/mol. The molecule has 0 saturated carbocycles. The Morgan fingerprint density at radius 3 is 2.71 bits per heavy atom. The standard InChI is InChI=1S/C13H24N2O.ClH/c1-10-4-3-7-15(9-10)13(16)12-5-6-14-11(2)8-12;/h10-12,14H,3-9H2,1-2H3;1H/t10?,11-,12-;/m0./s1. The summed E-state index contributed by atoms with van der Waals surface area (Å²) in [7, 11) is 0. The van der Waals surface area contributed by atoms with Crippen LogP contribution in [0.4, 0.5) is 0 Å². The largest absolute Gasteiger partial charge is 0.342 e. The highest BCUT2D eigenvalue weighted by Crippen LogP contribution is 2.22. The highest BCUT2D eigenvalue weighted by Gasteiger charge is 2.30. The number of hydrogen-bond acceptors (Lipinski definition) is 2. The van der Waals surface area contributed by atoms with Gasteiger partial charge in [-0.15, -0.1) is 12.4 Å². The second-order valence-electron chi connectivity index (χ2n) is 5.61. The van der Waals surface area contributed by atoms with Crippen molar-refractivity contribution in [3.63, 3.8) is 0 Å². The molecule has 0 spiro atoms. The minimum atomic E-state index is 0. The van der Waals surface area contributed by atoms with E-state index in [4.69, 9.17) is 0 Å². The lowest BCUT2D eigenvalue weighted by molar-refractivity contribution is -0.138. The van der Waals surface area contributed by atoms with Gasteiger partial charge in [0, 0.05) is 25.0 Å². The predicted octanol–water partition coefficient (Wildman–Crippen LogP) is 2.05.